The zero-order valence-electron chi connectivity index (χ0n) is 18.8. The third kappa shape index (κ3) is 3.72. The Hall–Kier alpha value is -1.69. The van der Waals surface area contributed by atoms with Crippen LogP contribution in [0.2, 0.25) is 0 Å². The maximum Gasteiger partial charge on any atom is 0.0811 e. The van der Waals surface area contributed by atoms with Gasteiger partial charge in [-0.1, -0.05) is 31.2 Å². The van der Waals surface area contributed by atoms with Crippen LogP contribution in [-0.2, 0) is 18.4 Å². The van der Waals surface area contributed by atoms with E-state index in [1.807, 2.05) is 18.5 Å². The summed E-state index contributed by atoms with van der Waals surface area (Å²) in [6.07, 6.45) is 8.40. The van der Waals surface area contributed by atoms with E-state index in [1.165, 1.54) is 22.5 Å². The lowest BCUT2D eigenvalue weighted by atomic mass is 9.65. The van der Waals surface area contributed by atoms with E-state index < -0.39 is 17.8 Å². The van der Waals surface area contributed by atoms with E-state index in [9.17, 15) is 15.3 Å². The van der Waals surface area contributed by atoms with Gasteiger partial charge in [0.05, 0.1) is 30.0 Å². The van der Waals surface area contributed by atoms with E-state index in [0.717, 1.165) is 36.8 Å². The molecule has 0 amide bonds. The van der Waals surface area contributed by atoms with Crippen LogP contribution in [0, 0.1) is 12.8 Å². The Labute approximate surface area is 179 Å². The number of nitrogens with zero attached hydrogens (tertiary/aromatic N) is 2. The molecule has 0 aliphatic heterocycles. The molecular weight excluding hydrogens is 376 g/mol. The van der Waals surface area contributed by atoms with Crippen LogP contribution < -0.4 is 0 Å². The second-order valence-electron chi connectivity index (χ2n) is 10.5. The number of rotatable bonds is 3. The van der Waals surface area contributed by atoms with Crippen LogP contribution in [-0.4, -0.2) is 42.9 Å². The van der Waals surface area contributed by atoms with E-state index in [4.69, 9.17) is 5.10 Å². The van der Waals surface area contributed by atoms with Crippen molar-refractivity contribution >= 4 is 0 Å². The van der Waals surface area contributed by atoms with Crippen molar-refractivity contribution in [3.63, 3.8) is 0 Å². The van der Waals surface area contributed by atoms with Crippen molar-refractivity contribution < 1.29 is 15.3 Å². The fraction of sp³-hybridized carbons (Fsp3) is 0.640. The minimum atomic E-state index is -0.786. The van der Waals surface area contributed by atoms with E-state index in [2.05, 4.69) is 32.6 Å². The minimum Gasteiger partial charge on any atom is -0.393 e. The lowest BCUT2D eigenvalue weighted by molar-refractivity contribution is 0.0566. The van der Waals surface area contributed by atoms with E-state index >= 15 is 0 Å². The lowest BCUT2D eigenvalue weighted by Crippen LogP contribution is -2.34. The highest BCUT2D eigenvalue weighted by atomic mass is 16.3. The average Bonchev–Trinajstić information content (AvgIpc) is 3.09. The van der Waals surface area contributed by atoms with Gasteiger partial charge in [-0.25, -0.2) is 0 Å². The standard InChI is InChI=1S/C25H36N2O3/c1-15-18(11-19(28)12-22(15)29)9-8-17-7-6-10-25(5)20(17)13-21-23(25)16(2)27(26-21)14-24(3,4)30/h8-9,19-20,22,28-30H,1,6-7,10-14H2,2-5H3/b17-8+,18-9-/t19-,20+,22+,25+/m1/s1. The van der Waals surface area contributed by atoms with Crippen molar-refractivity contribution in [2.45, 2.75) is 96.0 Å². The fourth-order valence-corrected chi connectivity index (χ4v) is 5.95. The summed E-state index contributed by atoms with van der Waals surface area (Å²) >= 11 is 0. The van der Waals surface area contributed by atoms with Gasteiger partial charge in [0.1, 0.15) is 0 Å². The first-order valence-corrected chi connectivity index (χ1v) is 11.2. The van der Waals surface area contributed by atoms with Gasteiger partial charge < -0.3 is 15.3 Å². The number of aromatic nitrogens is 2. The third-order valence-electron chi connectivity index (χ3n) is 7.43. The quantitative estimate of drug-likeness (QED) is 0.710. The fourth-order valence-electron chi connectivity index (χ4n) is 5.95. The minimum absolute atomic E-state index is 0.0719. The van der Waals surface area contributed by atoms with E-state index in [0.29, 0.717) is 25.3 Å². The Morgan fingerprint density at radius 1 is 1.27 bits per heavy atom. The summed E-state index contributed by atoms with van der Waals surface area (Å²) in [6, 6.07) is 0. The molecule has 3 aliphatic rings. The molecule has 3 aliphatic carbocycles. The summed E-state index contributed by atoms with van der Waals surface area (Å²) in [5.74, 6) is 0.433. The summed E-state index contributed by atoms with van der Waals surface area (Å²) in [7, 11) is 0. The maximum atomic E-state index is 10.3. The molecule has 4 atom stereocenters. The average molecular weight is 413 g/mol. The molecule has 0 saturated heterocycles. The number of aliphatic hydroxyl groups excluding tert-OH is 2. The molecule has 164 valence electrons. The van der Waals surface area contributed by atoms with Crippen LogP contribution in [0.1, 0.15) is 69.8 Å². The van der Waals surface area contributed by atoms with Gasteiger partial charge in [0.25, 0.3) is 0 Å². The van der Waals surface area contributed by atoms with Crippen LogP contribution in [0.5, 0.6) is 0 Å². The first-order chi connectivity index (χ1) is 14.0. The van der Waals surface area contributed by atoms with Crippen molar-refractivity contribution in [1.82, 2.24) is 9.78 Å². The van der Waals surface area contributed by atoms with Gasteiger partial charge in [0.15, 0.2) is 0 Å². The molecule has 0 aromatic carbocycles. The van der Waals surface area contributed by atoms with Crippen LogP contribution in [0.4, 0.5) is 0 Å². The maximum absolute atomic E-state index is 10.3. The largest absolute Gasteiger partial charge is 0.393 e. The molecule has 3 N–H and O–H groups in total. The zero-order chi connectivity index (χ0) is 21.8. The highest BCUT2D eigenvalue weighted by Gasteiger charge is 2.49. The molecule has 0 radical (unpaired) electrons. The molecule has 5 heteroatoms. The van der Waals surface area contributed by atoms with Gasteiger partial charge in [-0.15, -0.1) is 0 Å². The smallest absolute Gasteiger partial charge is 0.0811 e. The normalized spacial score (nSPS) is 34.5. The van der Waals surface area contributed by atoms with Gasteiger partial charge in [-0.05, 0) is 69.9 Å². The summed E-state index contributed by atoms with van der Waals surface area (Å²) in [4.78, 5) is 0. The molecule has 2 saturated carbocycles. The van der Waals surface area contributed by atoms with Gasteiger partial charge in [-0.3, -0.25) is 4.68 Å². The zero-order valence-corrected chi connectivity index (χ0v) is 18.8. The molecule has 0 spiro atoms. The highest BCUT2D eigenvalue weighted by molar-refractivity contribution is 5.46. The molecule has 4 rings (SSSR count). The summed E-state index contributed by atoms with van der Waals surface area (Å²) in [5.41, 5.74) is 6.16. The lowest BCUT2D eigenvalue weighted by Gasteiger charge is -2.39. The van der Waals surface area contributed by atoms with Gasteiger partial charge in [-0.2, -0.15) is 5.10 Å². The predicted molar refractivity (Wildman–Crippen MR) is 118 cm³/mol. The topological polar surface area (TPSA) is 78.5 Å². The second-order valence-corrected chi connectivity index (χ2v) is 10.5. The van der Waals surface area contributed by atoms with E-state index in [-0.39, 0.29) is 5.41 Å². The molecule has 30 heavy (non-hydrogen) atoms. The number of allylic oxidation sites excluding steroid dienone is 3. The van der Waals surface area contributed by atoms with Gasteiger partial charge >= 0.3 is 0 Å². The Morgan fingerprint density at radius 3 is 2.70 bits per heavy atom. The molecule has 0 bridgehead atoms. The molecular formula is C25H36N2O3. The highest BCUT2D eigenvalue weighted by Crippen LogP contribution is 2.54. The van der Waals surface area contributed by atoms with Crippen molar-refractivity contribution in [2.24, 2.45) is 5.92 Å². The Balaban J connectivity index is 1.63. The SMILES string of the molecule is C=C1/C(=C\C=C2/CCC[C@]3(C)c4c(nn(CC(C)(C)O)c4C)C[C@@H]23)C[C@@H](O)C[C@@H]1O. The van der Waals surface area contributed by atoms with Crippen LogP contribution in [0.25, 0.3) is 0 Å². The van der Waals surface area contributed by atoms with Crippen molar-refractivity contribution in [2.75, 3.05) is 0 Å². The molecule has 5 nitrogen and oxygen atoms in total. The van der Waals surface area contributed by atoms with Crippen LogP contribution in [0.3, 0.4) is 0 Å². The van der Waals surface area contributed by atoms with Crippen molar-refractivity contribution in [3.05, 3.63) is 52.4 Å². The third-order valence-corrected chi connectivity index (χ3v) is 7.43. The first-order valence-electron chi connectivity index (χ1n) is 11.2. The second kappa shape index (κ2) is 7.47. The number of hydrogen-bond donors (Lipinski definition) is 3. The Bertz CT molecular complexity index is 918. The Kier molecular flexibility index (Phi) is 5.36. The molecule has 1 aromatic heterocycles. The van der Waals surface area contributed by atoms with Crippen LogP contribution >= 0.6 is 0 Å². The summed E-state index contributed by atoms with van der Waals surface area (Å²) in [5, 5.41) is 35.3. The molecule has 0 unspecified atom stereocenters. The number of aliphatic hydroxyl groups is 3. The molecule has 2 fully saturated rings. The van der Waals surface area contributed by atoms with Gasteiger partial charge in [0.2, 0.25) is 0 Å². The Morgan fingerprint density at radius 2 is 2.00 bits per heavy atom. The van der Waals surface area contributed by atoms with Crippen molar-refractivity contribution in [3.8, 4) is 0 Å². The summed E-state index contributed by atoms with van der Waals surface area (Å²) in [6.45, 7) is 12.7. The number of fused-ring (bicyclic) bond motifs is 3. The summed E-state index contributed by atoms with van der Waals surface area (Å²) < 4.78 is 1.99. The number of hydrogen-bond acceptors (Lipinski definition) is 4. The van der Waals surface area contributed by atoms with Gasteiger partial charge in [0, 0.05) is 23.1 Å². The monoisotopic (exact) mass is 412 g/mol. The molecule has 1 heterocycles. The first kappa shape index (κ1) is 21.5. The van der Waals surface area contributed by atoms with Crippen molar-refractivity contribution in [1.29, 1.82) is 0 Å². The molecule has 1 aromatic rings. The van der Waals surface area contributed by atoms with E-state index in [1.54, 1.807) is 0 Å². The van der Waals surface area contributed by atoms with Crippen LogP contribution in [0.15, 0.2) is 35.5 Å². The predicted octanol–water partition coefficient (Wildman–Crippen LogP) is 3.50.